The molecule has 0 aliphatic heterocycles. The minimum Gasteiger partial charge on any atom is -0.395 e. The van der Waals surface area contributed by atoms with Crippen molar-refractivity contribution < 1.29 is 9.90 Å². The summed E-state index contributed by atoms with van der Waals surface area (Å²) < 4.78 is 0. The van der Waals surface area contributed by atoms with E-state index >= 15 is 0 Å². The van der Waals surface area contributed by atoms with Crippen molar-refractivity contribution in [1.82, 2.24) is 10.2 Å². The second-order valence-electron chi connectivity index (χ2n) is 4.32. The summed E-state index contributed by atoms with van der Waals surface area (Å²) in [5, 5.41) is 11.7. The van der Waals surface area contributed by atoms with Crippen LogP contribution in [0.1, 0.15) is 33.1 Å². The normalized spacial score (nSPS) is 17.3. The van der Waals surface area contributed by atoms with Crippen molar-refractivity contribution in [1.29, 1.82) is 0 Å². The Hall–Kier alpha value is -0.770. The van der Waals surface area contributed by atoms with Crippen LogP contribution in [0, 0.1) is 5.41 Å². The molecule has 0 spiro atoms. The smallest absolute Gasteiger partial charge is 0.317 e. The van der Waals surface area contributed by atoms with Crippen molar-refractivity contribution in [2.24, 2.45) is 5.41 Å². The van der Waals surface area contributed by atoms with E-state index in [1.807, 2.05) is 6.92 Å². The topological polar surface area (TPSA) is 52.6 Å². The Morgan fingerprint density at radius 3 is 2.53 bits per heavy atom. The molecule has 1 aliphatic carbocycles. The number of aliphatic hydroxyl groups excluding tert-OH is 1. The van der Waals surface area contributed by atoms with Crippen molar-refractivity contribution in [2.45, 2.75) is 33.1 Å². The van der Waals surface area contributed by atoms with Gasteiger partial charge in [0.2, 0.25) is 0 Å². The van der Waals surface area contributed by atoms with Gasteiger partial charge in [0.1, 0.15) is 0 Å². The number of nitrogens with one attached hydrogen (secondary N) is 1. The molecule has 88 valence electrons. The Kier molecular flexibility index (Phi) is 4.39. The summed E-state index contributed by atoms with van der Waals surface area (Å²) in [7, 11) is 0. The van der Waals surface area contributed by atoms with E-state index in [1.165, 1.54) is 12.8 Å². The van der Waals surface area contributed by atoms with E-state index in [-0.39, 0.29) is 12.6 Å². The molecule has 0 bridgehead atoms. The van der Waals surface area contributed by atoms with Gasteiger partial charge in [-0.05, 0) is 31.6 Å². The largest absolute Gasteiger partial charge is 0.395 e. The number of rotatable bonds is 6. The number of carbonyl (C=O) groups excluding carboxylic acids is 1. The standard InChI is InChI=1S/C11H22N2O2/c1-3-11(5-6-11)9-12-10(15)13(4-2)7-8-14/h14H,3-9H2,1-2H3,(H,12,15). The number of nitrogens with zero attached hydrogens (tertiary/aromatic N) is 1. The average molecular weight is 214 g/mol. The Labute approximate surface area is 91.6 Å². The molecule has 0 unspecified atom stereocenters. The highest BCUT2D eigenvalue weighted by atomic mass is 16.3. The van der Waals surface area contributed by atoms with Crippen LogP contribution in [-0.2, 0) is 0 Å². The molecule has 4 heteroatoms. The van der Waals surface area contributed by atoms with Gasteiger partial charge in [0.15, 0.2) is 0 Å². The lowest BCUT2D eigenvalue weighted by Gasteiger charge is -2.22. The minimum atomic E-state index is -0.0497. The molecule has 2 amide bonds. The molecule has 0 aromatic carbocycles. The molecule has 1 fully saturated rings. The third-order valence-corrected chi connectivity index (χ3v) is 3.36. The van der Waals surface area contributed by atoms with Gasteiger partial charge in [0.25, 0.3) is 0 Å². The van der Waals surface area contributed by atoms with Gasteiger partial charge in [0.05, 0.1) is 6.61 Å². The molecule has 0 radical (unpaired) electrons. The van der Waals surface area contributed by atoms with Gasteiger partial charge in [-0.2, -0.15) is 0 Å². The maximum atomic E-state index is 11.7. The zero-order valence-electron chi connectivity index (χ0n) is 9.75. The lowest BCUT2D eigenvalue weighted by atomic mass is 10.0. The summed E-state index contributed by atoms with van der Waals surface area (Å²) >= 11 is 0. The van der Waals surface area contributed by atoms with Gasteiger partial charge in [-0.15, -0.1) is 0 Å². The van der Waals surface area contributed by atoms with Crippen LogP contribution < -0.4 is 5.32 Å². The first-order valence-corrected chi connectivity index (χ1v) is 5.81. The lowest BCUT2D eigenvalue weighted by Crippen LogP contribution is -2.43. The number of aliphatic hydroxyl groups is 1. The average Bonchev–Trinajstić information content (AvgIpc) is 3.03. The zero-order chi connectivity index (χ0) is 11.3. The van der Waals surface area contributed by atoms with Gasteiger partial charge < -0.3 is 15.3 Å². The van der Waals surface area contributed by atoms with E-state index in [2.05, 4.69) is 12.2 Å². The maximum Gasteiger partial charge on any atom is 0.317 e. The number of hydrogen-bond donors (Lipinski definition) is 2. The molecule has 1 aliphatic rings. The van der Waals surface area contributed by atoms with E-state index in [1.54, 1.807) is 4.90 Å². The Balaban J connectivity index is 2.27. The number of hydrogen-bond acceptors (Lipinski definition) is 2. The molecular formula is C11H22N2O2. The summed E-state index contributed by atoms with van der Waals surface area (Å²) in [6.45, 7) is 5.96. The molecule has 2 N–H and O–H groups in total. The molecule has 0 atom stereocenters. The summed E-state index contributed by atoms with van der Waals surface area (Å²) in [6.07, 6.45) is 3.60. The van der Waals surface area contributed by atoms with Crippen LogP contribution >= 0.6 is 0 Å². The van der Waals surface area contributed by atoms with Gasteiger partial charge in [-0.1, -0.05) is 6.92 Å². The molecule has 1 saturated carbocycles. The molecule has 0 heterocycles. The van der Waals surface area contributed by atoms with Crippen LogP contribution in [-0.4, -0.2) is 42.3 Å². The van der Waals surface area contributed by atoms with Crippen LogP contribution in [0.4, 0.5) is 4.79 Å². The lowest BCUT2D eigenvalue weighted by molar-refractivity contribution is 0.178. The number of amides is 2. The molecule has 0 saturated heterocycles. The SMILES string of the molecule is CCN(CCO)C(=O)NCC1(CC)CC1. The van der Waals surface area contributed by atoms with Crippen molar-refractivity contribution in [2.75, 3.05) is 26.2 Å². The Morgan fingerprint density at radius 1 is 1.47 bits per heavy atom. The van der Waals surface area contributed by atoms with Crippen molar-refractivity contribution in [3.8, 4) is 0 Å². The van der Waals surface area contributed by atoms with Gasteiger partial charge in [-0.3, -0.25) is 0 Å². The number of urea groups is 1. The fraction of sp³-hybridized carbons (Fsp3) is 0.909. The monoisotopic (exact) mass is 214 g/mol. The van der Waals surface area contributed by atoms with Crippen LogP contribution in [0.25, 0.3) is 0 Å². The van der Waals surface area contributed by atoms with Crippen molar-refractivity contribution in [3.63, 3.8) is 0 Å². The van der Waals surface area contributed by atoms with Gasteiger partial charge in [0, 0.05) is 19.6 Å². The predicted molar refractivity (Wildman–Crippen MR) is 59.7 cm³/mol. The van der Waals surface area contributed by atoms with Crippen LogP contribution in [0.3, 0.4) is 0 Å². The van der Waals surface area contributed by atoms with Crippen molar-refractivity contribution in [3.05, 3.63) is 0 Å². The predicted octanol–water partition coefficient (Wildman–Crippen LogP) is 1.20. The Morgan fingerprint density at radius 2 is 2.13 bits per heavy atom. The maximum absolute atomic E-state index is 11.7. The van der Waals surface area contributed by atoms with E-state index in [9.17, 15) is 4.79 Å². The Bertz CT molecular complexity index is 215. The third kappa shape index (κ3) is 3.38. The minimum absolute atomic E-state index is 0.0280. The van der Waals surface area contributed by atoms with Crippen LogP contribution in [0.15, 0.2) is 0 Å². The van der Waals surface area contributed by atoms with Crippen molar-refractivity contribution >= 4 is 6.03 Å². The molecular weight excluding hydrogens is 192 g/mol. The number of carbonyl (C=O) groups is 1. The summed E-state index contributed by atoms with van der Waals surface area (Å²) in [6, 6.07) is -0.0497. The first kappa shape index (κ1) is 12.3. The summed E-state index contributed by atoms with van der Waals surface area (Å²) in [4.78, 5) is 13.3. The van der Waals surface area contributed by atoms with Gasteiger partial charge >= 0.3 is 6.03 Å². The highest BCUT2D eigenvalue weighted by Gasteiger charge is 2.40. The van der Waals surface area contributed by atoms with E-state index in [4.69, 9.17) is 5.11 Å². The number of likely N-dealkylation sites (N-methyl/N-ethyl adjacent to an activating group) is 1. The quantitative estimate of drug-likeness (QED) is 0.698. The second kappa shape index (κ2) is 5.35. The highest BCUT2D eigenvalue weighted by Crippen LogP contribution is 2.47. The van der Waals surface area contributed by atoms with E-state index in [0.29, 0.717) is 18.5 Å². The van der Waals surface area contributed by atoms with E-state index < -0.39 is 0 Å². The molecule has 0 aromatic rings. The van der Waals surface area contributed by atoms with Crippen LogP contribution in [0.2, 0.25) is 0 Å². The van der Waals surface area contributed by atoms with Gasteiger partial charge in [-0.25, -0.2) is 4.79 Å². The third-order valence-electron chi connectivity index (χ3n) is 3.36. The van der Waals surface area contributed by atoms with Crippen LogP contribution in [0.5, 0.6) is 0 Å². The van der Waals surface area contributed by atoms with E-state index in [0.717, 1.165) is 13.0 Å². The molecule has 1 rings (SSSR count). The second-order valence-corrected chi connectivity index (χ2v) is 4.32. The fourth-order valence-electron chi connectivity index (χ4n) is 1.73. The first-order valence-electron chi connectivity index (χ1n) is 5.81. The summed E-state index contributed by atoms with van der Waals surface area (Å²) in [5.74, 6) is 0. The molecule has 4 nitrogen and oxygen atoms in total. The first-order chi connectivity index (χ1) is 7.17. The molecule has 15 heavy (non-hydrogen) atoms. The fourth-order valence-corrected chi connectivity index (χ4v) is 1.73. The summed E-state index contributed by atoms with van der Waals surface area (Å²) in [5.41, 5.74) is 0.383. The molecule has 0 aromatic heterocycles. The zero-order valence-corrected chi connectivity index (χ0v) is 9.75. The highest BCUT2D eigenvalue weighted by molar-refractivity contribution is 5.74.